The molecule has 156 valence electrons. The minimum Gasteiger partial charge on any atom is -0.619 e. The molecule has 0 aliphatic heterocycles. The number of amides is 1. The summed E-state index contributed by atoms with van der Waals surface area (Å²) >= 11 is 0. The Morgan fingerprint density at radius 3 is 2.32 bits per heavy atom. The van der Waals surface area contributed by atoms with E-state index in [2.05, 4.69) is 5.32 Å². The Hall–Kier alpha value is -3.87. The van der Waals surface area contributed by atoms with Crippen molar-refractivity contribution in [3.63, 3.8) is 0 Å². The molecule has 0 radical (unpaired) electrons. The molecule has 1 amide bonds. The molecule has 4 aromatic rings. The Morgan fingerprint density at radius 2 is 1.65 bits per heavy atom. The van der Waals surface area contributed by atoms with Gasteiger partial charge in [-0.3, -0.25) is 4.79 Å². The van der Waals surface area contributed by atoms with E-state index in [1.807, 2.05) is 12.1 Å². The summed E-state index contributed by atoms with van der Waals surface area (Å²) in [5.41, 5.74) is 2.01. The van der Waals surface area contributed by atoms with Gasteiger partial charge in [0.2, 0.25) is 0 Å². The van der Waals surface area contributed by atoms with Gasteiger partial charge in [0.15, 0.2) is 12.4 Å². The highest BCUT2D eigenvalue weighted by Crippen LogP contribution is 2.33. The van der Waals surface area contributed by atoms with Crippen LogP contribution in [0.15, 0.2) is 85.2 Å². The molecular formula is C24H17F3N2O2. The Bertz CT molecular complexity index is 1230. The zero-order valence-electron chi connectivity index (χ0n) is 16.2. The number of benzene rings is 3. The molecule has 1 aromatic heterocycles. The van der Waals surface area contributed by atoms with Gasteiger partial charge in [0, 0.05) is 24.2 Å². The van der Waals surface area contributed by atoms with Crippen molar-refractivity contribution in [2.24, 2.45) is 0 Å². The first-order valence-electron chi connectivity index (χ1n) is 9.47. The maximum absolute atomic E-state index is 12.8. The lowest BCUT2D eigenvalue weighted by Gasteiger charge is -2.11. The van der Waals surface area contributed by atoms with E-state index in [1.54, 1.807) is 36.4 Å². The fraction of sp³-hybridized carbons (Fsp3) is 0.0833. The normalized spacial score (nSPS) is 11.5. The zero-order chi connectivity index (χ0) is 22.0. The second-order valence-corrected chi connectivity index (χ2v) is 7.07. The minimum atomic E-state index is -4.38. The average molecular weight is 422 g/mol. The van der Waals surface area contributed by atoms with E-state index < -0.39 is 11.7 Å². The highest BCUT2D eigenvalue weighted by Gasteiger charge is 2.30. The number of nitrogens with one attached hydrogen (secondary N) is 1. The third-order valence-corrected chi connectivity index (χ3v) is 4.99. The number of alkyl halides is 3. The molecule has 0 atom stereocenters. The molecular weight excluding hydrogens is 405 g/mol. The Kier molecular flexibility index (Phi) is 5.33. The van der Waals surface area contributed by atoms with Crippen LogP contribution < -0.4 is 10.0 Å². The van der Waals surface area contributed by atoms with Gasteiger partial charge >= 0.3 is 6.18 Å². The Morgan fingerprint density at radius 1 is 0.935 bits per heavy atom. The predicted octanol–water partition coefficient (Wildman–Crippen LogP) is 5.09. The molecule has 0 unspecified atom stereocenters. The summed E-state index contributed by atoms with van der Waals surface area (Å²) in [7, 11) is 0. The van der Waals surface area contributed by atoms with Gasteiger partial charge in [-0.05, 0) is 51.7 Å². The number of hydrogen-bond acceptors (Lipinski definition) is 2. The number of rotatable bonds is 4. The van der Waals surface area contributed by atoms with E-state index in [0.29, 0.717) is 15.9 Å². The van der Waals surface area contributed by atoms with Gasteiger partial charge in [0.1, 0.15) is 0 Å². The second kappa shape index (κ2) is 8.10. The molecule has 1 heterocycles. The van der Waals surface area contributed by atoms with E-state index in [-0.39, 0.29) is 12.5 Å². The van der Waals surface area contributed by atoms with Gasteiger partial charge < -0.3 is 10.5 Å². The highest BCUT2D eigenvalue weighted by molar-refractivity contribution is 6.02. The number of carbonyl (C=O) groups excluding carboxylic acids is 1. The molecule has 7 heteroatoms. The fourth-order valence-corrected chi connectivity index (χ4v) is 3.36. The van der Waals surface area contributed by atoms with E-state index >= 15 is 0 Å². The second-order valence-electron chi connectivity index (χ2n) is 7.07. The van der Waals surface area contributed by atoms with Crippen molar-refractivity contribution in [3.05, 3.63) is 107 Å². The summed E-state index contributed by atoms with van der Waals surface area (Å²) in [4.78, 5) is 12.5. The monoisotopic (exact) mass is 422 g/mol. The number of nitrogens with zero attached hydrogens (tertiary/aromatic N) is 1. The van der Waals surface area contributed by atoms with E-state index in [1.165, 1.54) is 24.5 Å². The summed E-state index contributed by atoms with van der Waals surface area (Å²) < 4.78 is 39.2. The molecule has 0 saturated heterocycles. The van der Waals surface area contributed by atoms with Gasteiger partial charge in [-0.1, -0.05) is 36.4 Å². The van der Waals surface area contributed by atoms with Gasteiger partial charge in [-0.25, -0.2) is 0 Å². The average Bonchev–Trinajstić information content (AvgIpc) is 2.77. The van der Waals surface area contributed by atoms with Crippen LogP contribution in [0.3, 0.4) is 0 Å². The molecule has 3 aromatic carbocycles. The van der Waals surface area contributed by atoms with Crippen molar-refractivity contribution in [1.29, 1.82) is 0 Å². The Labute approximate surface area is 176 Å². The quantitative estimate of drug-likeness (QED) is 0.368. The first-order chi connectivity index (χ1) is 14.8. The van der Waals surface area contributed by atoms with Crippen LogP contribution >= 0.6 is 0 Å². The van der Waals surface area contributed by atoms with E-state index in [9.17, 15) is 23.2 Å². The fourth-order valence-electron chi connectivity index (χ4n) is 3.36. The number of fused-ring (bicyclic) bond motifs is 1. The smallest absolute Gasteiger partial charge is 0.416 e. The molecule has 31 heavy (non-hydrogen) atoms. The lowest BCUT2D eigenvalue weighted by molar-refractivity contribution is -0.605. The van der Waals surface area contributed by atoms with Crippen LogP contribution in [-0.4, -0.2) is 5.91 Å². The van der Waals surface area contributed by atoms with E-state index in [0.717, 1.165) is 34.0 Å². The molecule has 0 bridgehead atoms. The van der Waals surface area contributed by atoms with Gasteiger partial charge in [-0.2, -0.15) is 17.9 Å². The number of pyridine rings is 1. The minimum absolute atomic E-state index is 0.263. The van der Waals surface area contributed by atoms with Crippen LogP contribution in [-0.2, 0) is 12.7 Å². The van der Waals surface area contributed by atoms with Crippen molar-refractivity contribution in [2.75, 3.05) is 0 Å². The predicted molar refractivity (Wildman–Crippen MR) is 111 cm³/mol. The first kappa shape index (κ1) is 20.4. The maximum Gasteiger partial charge on any atom is 0.416 e. The summed E-state index contributed by atoms with van der Waals surface area (Å²) in [5, 5.41) is 15.5. The largest absolute Gasteiger partial charge is 0.619 e. The molecule has 4 nitrogen and oxygen atoms in total. The van der Waals surface area contributed by atoms with Crippen LogP contribution in [0.1, 0.15) is 21.5 Å². The first-order valence-corrected chi connectivity index (χ1v) is 9.47. The van der Waals surface area contributed by atoms with Crippen molar-refractivity contribution in [1.82, 2.24) is 5.32 Å². The van der Waals surface area contributed by atoms with Crippen molar-refractivity contribution >= 4 is 16.7 Å². The molecule has 0 saturated carbocycles. The molecule has 4 rings (SSSR count). The van der Waals surface area contributed by atoms with Crippen LogP contribution in [0, 0.1) is 5.21 Å². The van der Waals surface area contributed by atoms with Crippen molar-refractivity contribution in [2.45, 2.75) is 12.7 Å². The number of carbonyl (C=O) groups is 1. The molecule has 0 aliphatic rings. The van der Waals surface area contributed by atoms with Crippen LogP contribution in [0.25, 0.3) is 21.9 Å². The van der Waals surface area contributed by atoms with Gasteiger partial charge in [0.25, 0.3) is 5.91 Å². The van der Waals surface area contributed by atoms with Crippen LogP contribution in [0.5, 0.6) is 0 Å². The molecule has 0 aliphatic carbocycles. The van der Waals surface area contributed by atoms with Gasteiger partial charge in [-0.15, -0.1) is 0 Å². The van der Waals surface area contributed by atoms with Crippen molar-refractivity contribution < 1.29 is 22.7 Å². The highest BCUT2D eigenvalue weighted by atomic mass is 19.4. The lowest BCUT2D eigenvalue weighted by atomic mass is 9.96. The topological polar surface area (TPSA) is 56.0 Å². The summed E-state index contributed by atoms with van der Waals surface area (Å²) in [5.74, 6) is -0.263. The van der Waals surface area contributed by atoms with Crippen LogP contribution in [0.2, 0.25) is 0 Å². The van der Waals surface area contributed by atoms with Gasteiger partial charge in [0.05, 0.1) is 5.56 Å². The third kappa shape index (κ3) is 4.50. The maximum atomic E-state index is 12.8. The van der Waals surface area contributed by atoms with E-state index in [4.69, 9.17) is 0 Å². The number of aromatic nitrogens is 1. The molecule has 0 fully saturated rings. The lowest BCUT2D eigenvalue weighted by Crippen LogP contribution is -2.26. The number of halogens is 3. The standard InChI is InChI=1S/C24H17F3N2O2/c25-24(26,27)20-7-4-17(5-8-20)21-3-1-2-18-14-19(6-9-22(18)21)23(30)28-15-16-10-12-29(31)13-11-16/h1-14H,15H2,(H,28,30). The van der Waals surface area contributed by atoms with Crippen molar-refractivity contribution in [3.8, 4) is 11.1 Å². The zero-order valence-corrected chi connectivity index (χ0v) is 16.2. The van der Waals surface area contributed by atoms with Crippen LogP contribution in [0.4, 0.5) is 13.2 Å². The summed E-state index contributed by atoms with van der Waals surface area (Å²) in [6.07, 6.45) is -1.66. The molecule has 0 spiro atoms. The Balaban J connectivity index is 1.57. The summed E-state index contributed by atoms with van der Waals surface area (Å²) in [6, 6.07) is 19.0. The summed E-state index contributed by atoms with van der Waals surface area (Å²) in [6.45, 7) is 0.281. The SMILES string of the molecule is O=C(NCc1cc[n+]([O-])cc1)c1ccc2c(-c3ccc(C(F)(F)F)cc3)cccc2c1. The third-order valence-electron chi connectivity index (χ3n) is 4.99. The molecule has 1 N–H and O–H groups in total. The number of hydrogen-bond donors (Lipinski definition) is 1.